The van der Waals surface area contributed by atoms with Gasteiger partial charge in [0.2, 0.25) is 21.9 Å². The van der Waals surface area contributed by atoms with Gasteiger partial charge in [-0.3, -0.25) is 9.69 Å². The summed E-state index contributed by atoms with van der Waals surface area (Å²) in [5, 5.41) is 6.38. The number of rotatable bonds is 8. The molecule has 0 aliphatic carbocycles. The van der Waals surface area contributed by atoms with E-state index in [-0.39, 0.29) is 17.3 Å². The molecule has 0 atom stereocenters. The van der Waals surface area contributed by atoms with E-state index < -0.39 is 10.0 Å². The van der Waals surface area contributed by atoms with Crippen LogP contribution in [0.5, 0.6) is 0 Å². The van der Waals surface area contributed by atoms with E-state index in [4.69, 9.17) is 6.42 Å². The third-order valence-corrected chi connectivity index (χ3v) is 8.19. The highest BCUT2D eigenvalue weighted by Gasteiger charge is 2.24. The van der Waals surface area contributed by atoms with Gasteiger partial charge in [0, 0.05) is 34.6 Å². The third kappa shape index (κ3) is 5.46. The van der Waals surface area contributed by atoms with E-state index in [1.165, 1.54) is 11.8 Å². The summed E-state index contributed by atoms with van der Waals surface area (Å²) < 4.78 is 27.6. The van der Waals surface area contributed by atoms with Crippen molar-refractivity contribution in [3.8, 4) is 12.3 Å². The minimum atomic E-state index is -3.62. The first-order valence-corrected chi connectivity index (χ1v) is 13.7. The Morgan fingerprint density at radius 1 is 1.11 bits per heavy atom. The van der Waals surface area contributed by atoms with E-state index in [9.17, 15) is 13.2 Å². The first kappa shape index (κ1) is 25.5. The third-order valence-electron chi connectivity index (χ3n) is 5.45. The number of benzene rings is 2. The topological polar surface area (TPSA) is 116 Å². The summed E-state index contributed by atoms with van der Waals surface area (Å²) in [6.45, 7) is 5.86. The second-order valence-corrected chi connectivity index (χ2v) is 10.9. The van der Waals surface area contributed by atoms with Gasteiger partial charge in [-0.1, -0.05) is 18.9 Å². The van der Waals surface area contributed by atoms with Crippen molar-refractivity contribution in [3.63, 3.8) is 0 Å². The Balaban J connectivity index is 1.60. The lowest BCUT2D eigenvalue weighted by molar-refractivity contribution is -0.116. The van der Waals surface area contributed by atoms with Gasteiger partial charge in [-0.25, -0.2) is 18.1 Å². The van der Waals surface area contributed by atoms with Gasteiger partial charge in [0.05, 0.1) is 22.9 Å². The molecule has 3 aromatic rings. The van der Waals surface area contributed by atoms with Crippen molar-refractivity contribution in [2.45, 2.75) is 30.6 Å². The fraction of sp³-hybridized carbons (Fsp3) is 0.240. The van der Waals surface area contributed by atoms with Gasteiger partial charge in [0.25, 0.3) is 0 Å². The number of amides is 1. The number of aromatic nitrogens is 2. The summed E-state index contributed by atoms with van der Waals surface area (Å²) in [5.74, 6) is 3.75. The number of nitrogens with zero attached hydrogens (tertiary/aromatic N) is 3. The van der Waals surface area contributed by atoms with E-state index in [0.29, 0.717) is 35.3 Å². The molecule has 1 aliphatic rings. The van der Waals surface area contributed by atoms with Crippen LogP contribution < -0.4 is 20.3 Å². The molecule has 0 radical (unpaired) electrons. The molecule has 1 aromatic heterocycles. The highest BCUT2D eigenvalue weighted by molar-refractivity contribution is 8.00. The van der Waals surface area contributed by atoms with Gasteiger partial charge in [-0.15, -0.1) is 18.2 Å². The maximum atomic E-state index is 12.5. The van der Waals surface area contributed by atoms with E-state index in [1.807, 2.05) is 25.1 Å². The van der Waals surface area contributed by atoms with Crippen molar-refractivity contribution in [1.29, 1.82) is 0 Å². The SMILES string of the molecule is C#CCN1C(=O)CSc2ccc(Nc3nc(Nc4ccc(C)c(S(=O)(=O)NCC)c4)ncc3C)cc21. The van der Waals surface area contributed by atoms with Crippen LogP contribution in [0.15, 0.2) is 52.4 Å². The fourth-order valence-electron chi connectivity index (χ4n) is 3.67. The summed E-state index contributed by atoms with van der Waals surface area (Å²) in [5.41, 5.74) is 3.49. The number of fused-ring (bicyclic) bond motifs is 1. The van der Waals surface area contributed by atoms with Gasteiger partial charge in [0.15, 0.2) is 0 Å². The highest BCUT2D eigenvalue weighted by Crippen LogP contribution is 2.37. The Morgan fingerprint density at radius 2 is 1.86 bits per heavy atom. The van der Waals surface area contributed by atoms with Crippen molar-refractivity contribution in [2.24, 2.45) is 0 Å². The zero-order valence-corrected chi connectivity index (χ0v) is 21.8. The predicted molar refractivity (Wildman–Crippen MR) is 144 cm³/mol. The lowest BCUT2D eigenvalue weighted by Gasteiger charge is -2.28. The van der Waals surface area contributed by atoms with Gasteiger partial charge in [0.1, 0.15) is 5.82 Å². The summed E-state index contributed by atoms with van der Waals surface area (Å²) in [7, 11) is -3.62. The van der Waals surface area contributed by atoms with Crippen molar-refractivity contribution in [3.05, 3.63) is 53.7 Å². The van der Waals surface area contributed by atoms with E-state index in [0.717, 1.165) is 21.8 Å². The first-order chi connectivity index (χ1) is 17.2. The largest absolute Gasteiger partial charge is 0.340 e. The Bertz CT molecular complexity index is 1470. The summed E-state index contributed by atoms with van der Waals surface area (Å²) in [6.07, 6.45) is 7.14. The minimum absolute atomic E-state index is 0.0269. The van der Waals surface area contributed by atoms with Crippen LogP contribution in [0.25, 0.3) is 0 Å². The molecule has 3 N–H and O–H groups in total. The molecule has 9 nitrogen and oxygen atoms in total. The number of nitrogens with one attached hydrogen (secondary N) is 3. The number of carbonyl (C=O) groups is 1. The molecule has 36 heavy (non-hydrogen) atoms. The molecular weight excluding hydrogens is 496 g/mol. The van der Waals surface area contributed by atoms with Crippen molar-refractivity contribution < 1.29 is 13.2 Å². The van der Waals surface area contributed by atoms with E-state index >= 15 is 0 Å². The van der Waals surface area contributed by atoms with Gasteiger partial charge >= 0.3 is 0 Å². The Labute approximate surface area is 215 Å². The summed E-state index contributed by atoms with van der Waals surface area (Å²) in [6, 6.07) is 10.8. The molecule has 0 fully saturated rings. The van der Waals surface area contributed by atoms with Crippen LogP contribution in [-0.2, 0) is 14.8 Å². The number of terminal acetylenes is 1. The fourth-order valence-corrected chi connectivity index (χ4v) is 5.90. The van der Waals surface area contributed by atoms with Crippen LogP contribution in [0.3, 0.4) is 0 Å². The number of carbonyl (C=O) groups excluding carboxylic acids is 1. The quantitative estimate of drug-likeness (QED) is 0.381. The Hall–Kier alpha value is -3.59. The smallest absolute Gasteiger partial charge is 0.240 e. The van der Waals surface area contributed by atoms with Crippen LogP contribution >= 0.6 is 11.8 Å². The lowest BCUT2D eigenvalue weighted by Crippen LogP contribution is -2.35. The van der Waals surface area contributed by atoms with Crippen LogP contribution in [0.1, 0.15) is 18.1 Å². The molecule has 0 spiro atoms. The number of anilines is 5. The average molecular weight is 523 g/mol. The standard InChI is InChI=1S/C25H26N6O3S2/c1-5-11-31-20-12-18(9-10-21(20)35-15-23(31)32)28-24-17(4)14-26-25(30-24)29-19-8-7-16(3)22(13-19)36(33,34)27-6-2/h1,7-10,12-14,27H,6,11,15H2,2-4H3,(H2,26,28,29,30). The normalized spacial score (nSPS) is 13.2. The Kier molecular flexibility index (Phi) is 7.49. The van der Waals surface area contributed by atoms with Crippen LogP contribution in [-0.4, -0.2) is 43.1 Å². The molecule has 0 saturated carbocycles. The van der Waals surface area contributed by atoms with Crippen molar-refractivity contribution >= 4 is 56.5 Å². The Morgan fingerprint density at radius 3 is 2.61 bits per heavy atom. The van der Waals surface area contributed by atoms with E-state index in [2.05, 4.69) is 31.2 Å². The highest BCUT2D eigenvalue weighted by atomic mass is 32.2. The van der Waals surface area contributed by atoms with Crippen LogP contribution in [0.4, 0.5) is 28.8 Å². The number of thioether (sulfide) groups is 1. The molecule has 0 saturated heterocycles. The minimum Gasteiger partial charge on any atom is -0.340 e. The molecule has 1 aliphatic heterocycles. The molecule has 2 aromatic carbocycles. The van der Waals surface area contributed by atoms with Gasteiger partial charge in [-0.2, -0.15) is 4.98 Å². The first-order valence-electron chi connectivity index (χ1n) is 11.2. The molecule has 186 valence electrons. The predicted octanol–water partition coefficient (Wildman–Crippen LogP) is 3.95. The molecule has 0 bridgehead atoms. The second-order valence-electron chi connectivity index (χ2n) is 8.11. The van der Waals surface area contributed by atoms with Crippen LogP contribution in [0, 0.1) is 26.2 Å². The average Bonchev–Trinajstić information content (AvgIpc) is 2.84. The molecular formula is C25H26N6O3S2. The van der Waals surface area contributed by atoms with Gasteiger partial charge in [-0.05, 0) is 49.7 Å². The van der Waals surface area contributed by atoms with Crippen molar-refractivity contribution in [2.75, 3.05) is 34.4 Å². The number of aryl methyl sites for hydroxylation is 2. The van der Waals surface area contributed by atoms with Crippen molar-refractivity contribution in [1.82, 2.24) is 14.7 Å². The summed E-state index contributed by atoms with van der Waals surface area (Å²) in [4.78, 5) is 24.1. The number of hydrogen-bond donors (Lipinski definition) is 3. The monoisotopic (exact) mass is 522 g/mol. The van der Waals surface area contributed by atoms with Gasteiger partial charge < -0.3 is 10.6 Å². The molecule has 11 heteroatoms. The van der Waals surface area contributed by atoms with Crippen LogP contribution in [0.2, 0.25) is 0 Å². The zero-order valence-electron chi connectivity index (χ0n) is 20.1. The zero-order chi connectivity index (χ0) is 25.9. The maximum Gasteiger partial charge on any atom is 0.240 e. The summed E-state index contributed by atoms with van der Waals surface area (Å²) >= 11 is 1.48. The maximum absolute atomic E-state index is 12.5. The second kappa shape index (κ2) is 10.6. The molecule has 1 amide bonds. The lowest BCUT2D eigenvalue weighted by atomic mass is 10.2. The van der Waals surface area contributed by atoms with E-state index in [1.54, 1.807) is 43.1 Å². The number of sulfonamides is 1. The molecule has 0 unspecified atom stereocenters. The molecule has 4 rings (SSSR count). The number of hydrogen-bond acceptors (Lipinski definition) is 8. The molecule has 2 heterocycles.